The smallest absolute Gasteiger partial charge is 0.266 e. The highest BCUT2D eigenvalue weighted by atomic mass is 35.5. The number of para-hydroxylation sites is 1. The van der Waals surface area contributed by atoms with Gasteiger partial charge in [0.25, 0.3) is 5.91 Å². The first kappa shape index (κ1) is 16.6. The van der Waals surface area contributed by atoms with Crippen LogP contribution in [0.3, 0.4) is 0 Å². The number of rotatable bonds is 4. The Hall–Kier alpha value is -3.29. The van der Waals surface area contributed by atoms with Crippen LogP contribution in [0.2, 0.25) is 5.02 Å². The molecule has 0 spiro atoms. The lowest BCUT2D eigenvalue weighted by Crippen LogP contribution is -2.13. The first-order valence-electron chi connectivity index (χ1n) is 7.50. The van der Waals surface area contributed by atoms with Crippen LogP contribution < -0.4 is 5.32 Å². The van der Waals surface area contributed by atoms with E-state index in [4.69, 9.17) is 16.0 Å². The van der Waals surface area contributed by atoms with E-state index in [1.807, 2.05) is 24.3 Å². The molecule has 1 heterocycles. The lowest BCUT2D eigenvalue weighted by molar-refractivity contribution is -0.112. The summed E-state index contributed by atoms with van der Waals surface area (Å²) in [5.41, 5.74) is 1.39. The highest BCUT2D eigenvalue weighted by molar-refractivity contribution is 6.30. The van der Waals surface area contributed by atoms with Gasteiger partial charge >= 0.3 is 0 Å². The van der Waals surface area contributed by atoms with Crippen molar-refractivity contribution in [2.45, 2.75) is 0 Å². The molecule has 0 aliphatic rings. The van der Waals surface area contributed by atoms with Crippen LogP contribution in [-0.2, 0) is 4.79 Å². The number of nitrogens with zero attached hydrogens (tertiary/aromatic N) is 1. The number of anilines is 1. The molecule has 122 valence electrons. The zero-order chi connectivity index (χ0) is 17.6. The van der Waals surface area contributed by atoms with Crippen LogP contribution in [-0.4, -0.2) is 5.91 Å². The Balaban J connectivity index is 1.81. The average molecular weight is 349 g/mol. The Morgan fingerprint density at radius 1 is 1.08 bits per heavy atom. The van der Waals surface area contributed by atoms with Crippen molar-refractivity contribution in [1.29, 1.82) is 5.26 Å². The summed E-state index contributed by atoms with van der Waals surface area (Å²) < 4.78 is 5.69. The molecule has 25 heavy (non-hydrogen) atoms. The van der Waals surface area contributed by atoms with Gasteiger partial charge in [0, 0.05) is 22.3 Å². The molecule has 1 aromatic heterocycles. The molecular formula is C20H13ClN2O2. The predicted molar refractivity (Wildman–Crippen MR) is 97.8 cm³/mol. The summed E-state index contributed by atoms with van der Waals surface area (Å²) in [4.78, 5) is 12.2. The lowest BCUT2D eigenvalue weighted by Gasteiger charge is -2.03. The quantitative estimate of drug-likeness (QED) is 0.524. The summed E-state index contributed by atoms with van der Waals surface area (Å²) in [7, 11) is 0. The van der Waals surface area contributed by atoms with Crippen LogP contribution >= 0.6 is 11.6 Å². The van der Waals surface area contributed by atoms with Gasteiger partial charge in [0.15, 0.2) is 0 Å². The molecule has 3 rings (SSSR count). The van der Waals surface area contributed by atoms with E-state index in [1.54, 1.807) is 48.5 Å². The van der Waals surface area contributed by atoms with Gasteiger partial charge in [-0.25, -0.2) is 0 Å². The van der Waals surface area contributed by atoms with Crippen molar-refractivity contribution in [3.05, 3.63) is 83.1 Å². The summed E-state index contributed by atoms with van der Waals surface area (Å²) in [6.45, 7) is 0. The molecule has 3 aromatic rings. The SMILES string of the molecule is N#C/C(=C\c1ccc(-c2cccc(Cl)c2)o1)C(=O)Nc1ccccc1. The maximum absolute atomic E-state index is 12.2. The van der Waals surface area contributed by atoms with Gasteiger partial charge in [0.2, 0.25) is 0 Å². The minimum atomic E-state index is -0.491. The van der Waals surface area contributed by atoms with Gasteiger partial charge in [-0.1, -0.05) is 41.9 Å². The molecular weight excluding hydrogens is 336 g/mol. The molecule has 1 amide bonds. The second kappa shape index (κ2) is 7.52. The summed E-state index contributed by atoms with van der Waals surface area (Å²) in [5, 5.41) is 12.5. The van der Waals surface area contributed by atoms with Gasteiger partial charge < -0.3 is 9.73 Å². The molecule has 0 saturated heterocycles. The number of benzene rings is 2. The minimum Gasteiger partial charge on any atom is -0.457 e. The second-order valence-electron chi connectivity index (χ2n) is 5.20. The molecule has 4 nitrogen and oxygen atoms in total. The Kier molecular flexibility index (Phi) is 4.98. The van der Waals surface area contributed by atoms with Crippen molar-refractivity contribution in [3.63, 3.8) is 0 Å². The first-order chi connectivity index (χ1) is 12.2. The zero-order valence-corrected chi connectivity index (χ0v) is 13.8. The third-order valence-corrected chi connectivity index (χ3v) is 3.65. The van der Waals surface area contributed by atoms with E-state index in [-0.39, 0.29) is 5.57 Å². The summed E-state index contributed by atoms with van der Waals surface area (Å²) in [5.74, 6) is 0.527. The van der Waals surface area contributed by atoms with Crippen molar-refractivity contribution in [3.8, 4) is 17.4 Å². The van der Waals surface area contributed by atoms with Gasteiger partial charge in [-0.3, -0.25) is 4.79 Å². The van der Waals surface area contributed by atoms with E-state index in [1.165, 1.54) is 6.08 Å². The van der Waals surface area contributed by atoms with Crippen molar-refractivity contribution in [1.82, 2.24) is 0 Å². The fourth-order valence-corrected chi connectivity index (χ4v) is 2.43. The number of hydrogen-bond donors (Lipinski definition) is 1. The number of furan rings is 1. The minimum absolute atomic E-state index is 0.0455. The number of nitriles is 1. The van der Waals surface area contributed by atoms with Gasteiger partial charge in [-0.15, -0.1) is 0 Å². The third kappa shape index (κ3) is 4.17. The van der Waals surface area contributed by atoms with Crippen LogP contribution in [0.25, 0.3) is 17.4 Å². The van der Waals surface area contributed by atoms with Crippen LogP contribution in [0, 0.1) is 11.3 Å². The summed E-state index contributed by atoms with van der Waals surface area (Å²) in [6.07, 6.45) is 1.41. The van der Waals surface area contributed by atoms with Crippen LogP contribution in [0.4, 0.5) is 5.69 Å². The predicted octanol–water partition coefficient (Wildman–Crippen LogP) is 5.15. The van der Waals surface area contributed by atoms with Gasteiger partial charge in [-0.05, 0) is 36.4 Å². The summed E-state index contributed by atoms with van der Waals surface area (Å²) >= 11 is 5.98. The number of carbonyl (C=O) groups is 1. The van der Waals surface area contributed by atoms with Crippen molar-refractivity contribution < 1.29 is 9.21 Å². The molecule has 0 radical (unpaired) electrons. The molecule has 0 fully saturated rings. The van der Waals surface area contributed by atoms with E-state index in [2.05, 4.69) is 5.32 Å². The molecule has 0 aliphatic carbocycles. The van der Waals surface area contributed by atoms with E-state index in [0.717, 1.165) is 5.56 Å². The number of hydrogen-bond acceptors (Lipinski definition) is 3. The van der Waals surface area contributed by atoms with Crippen molar-refractivity contribution in [2.24, 2.45) is 0 Å². The standard InChI is InChI=1S/C20H13ClN2O2/c21-16-6-4-5-14(11-16)19-10-9-18(25-19)12-15(13-22)20(24)23-17-7-2-1-3-8-17/h1-12H,(H,23,24)/b15-12+. The third-order valence-electron chi connectivity index (χ3n) is 3.42. The number of halogens is 1. The lowest BCUT2D eigenvalue weighted by atomic mass is 10.2. The Morgan fingerprint density at radius 2 is 1.88 bits per heavy atom. The van der Waals surface area contributed by atoms with E-state index >= 15 is 0 Å². The number of carbonyl (C=O) groups excluding carboxylic acids is 1. The van der Waals surface area contributed by atoms with E-state index < -0.39 is 5.91 Å². The highest BCUT2D eigenvalue weighted by Crippen LogP contribution is 2.25. The molecule has 0 atom stereocenters. The maximum Gasteiger partial charge on any atom is 0.266 e. The molecule has 0 saturated carbocycles. The Labute approximate surface area is 150 Å². The average Bonchev–Trinajstić information content (AvgIpc) is 3.09. The maximum atomic E-state index is 12.2. The van der Waals surface area contributed by atoms with Crippen molar-refractivity contribution >= 4 is 29.3 Å². The largest absolute Gasteiger partial charge is 0.457 e. The van der Waals surface area contributed by atoms with Gasteiger partial charge in [0.1, 0.15) is 23.2 Å². The van der Waals surface area contributed by atoms with Crippen LogP contribution in [0.15, 0.2) is 76.7 Å². The molecule has 5 heteroatoms. The highest BCUT2D eigenvalue weighted by Gasteiger charge is 2.11. The first-order valence-corrected chi connectivity index (χ1v) is 7.87. The van der Waals surface area contributed by atoms with Crippen molar-refractivity contribution in [2.75, 3.05) is 5.32 Å². The summed E-state index contributed by atoms with van der Waals surface area (Å²) in [6, 6.07) is 21.5. The monoisotopic (exact) mass is 348 g/mol. The Bertz CT molecular complexity index is 969. The number of amides is 1. The second-order valence-corrected chi connectivity index (χ2v) is 5.64. The molecule has 0 bridgehead atoms. The van der Waals surface area contributed by atoms with Gasteiger partial charge in [-0.2, -0.15) is 5.26 Å². The topological polar surface area (TPSA) is 66.0 Å². The molecule has 1 N–H and O–H groups in total. The fraction of sp³-hybridized carbons (Fsp3) is 0. The van der Waals surface area contributed by atoms with E-state index in [0.29, 0.717) is 22.2 Å². The molecule has 0 unspecified atom stereocenters. The Morgan fingerprint density at radius 3 is 2.60 bits per heavy atom. The fourth-order valence-electron chi connectivity index (χ4n) is 2.24. The van der Waals surface area contributed by atoms with E-state index in [9.17, 15) is 10.1 Å². The van der Waals surface area contributed by atoms with Crippen LogP contribution in [0.1, 0.15) is 5.76 Å². The normalized spacial score (nSPS) is 11.0. The van der Waals surface area contributed by atoms with Gasteiger partial charge in [0.05, 0.1) is 0 Å². The molecule has 0 aliphatic heterocycles. The number of nitrogens with one attached hydrogen (secondary N) is 1. The zero-order valence-electron chi connectivity index (χ0n) is 13.1. The molecule has 2 aromatic carbocycles. The van der Waals surface area contributed by atoms with Crippen LogP contribution in [0.5, 0.6) is 0 Å².